The van der Waals surface area contributed by atoms with E-state index in [9.17, 15) is 9.18 Å². The van der Waals surface area contributed by atoms with Gasteiger partial charge in [-0.25, -0.2) is 20.2 Å². The molecule has 0 radical (unpaired) electrons. The number of aromatic nitrogens is 1. The standard InChI is InChI=1S/C20H18FN3O3/c21-14-6-8-15(9-7-14)24(22)20(25)13-11-17(18-5-2-10-26-18)19(23-12-13)27-16-3-1-4-16/h2,5-12,16H,1,3-4,22H2. The fourth-order valence-electron chi connectivity index (χ4n) is 2.78. The van der Waals surface area contributed by atoms with Crippen molar-refractivity contribution in [3.8, 4) is 17.2 Å². The number of furan rings is 1. The fraction of sp³-hybridized carbons (Fsp3) is 0.200. The number of nitrogens with two attached hydrogens (primary N) is 1. The number of halogens is 1. The smallest absolute Gasteiger partial charge is 0.274 e. The number of hydrogen-bond donors (Lipinski definition) is 1. The van der Waals surface area contributed by atoms with E-state index in [4.69, 9.17) is 15.0 Å². The van der Waals surface area contributed by atoms with Gasteiger partial charge in [-0.05, 0) is 61.7 Å². The number of amides is 1. The summed E-state index contributed by atoms with van der Waals surface area (Å²) in [7, 11) is 0. The van der Waals surface area contributed by atoms with Gasteiger partial charge in [0.25, 0.3) is 5.91 Å². The van der Waals surface area contributed by atoms with Crippen molar-refractivity contribution < 1.29 is 18.3 Å². The molecule has 1 aliphatic rings. The lowest BCUT2D eigenvalue weighted by atomic mass is 9.96. The van der Waals surface area contributed by atoms with Crippen molar-refractivity contribution in [2.45, 2.75) is 25.4 Å². The monoisotopic (exact) mass is 367 g/mol. The Morgan fingerprint density at radius 1 is 1.26 bits per heavy atom. The minimum absolute atomic E-state index is 0.137. The molecule has 7 heteroatoms. The maximum absolute atomic E-state index is 13.1. The van der Waals surface area contributed by atoms with Crippen LogP contribution in [-0.2, 0) is 0 Å². The van der Waals surface area contributed by atoms with E-state index in [1.807, 2.05) is 0 Å². The van der Waals surface area contributed by atoms with E-state index in [1.54, 1.807) is 24.5 Å². The molecule has 2 heterocycles. The summed E-state index contributed by atoms with van der Waals surface area (Å²) in [5, 5.41) is 0.953. The average molecular weight is 367 g/mol. The van der Waals surface area contributed by atoms with E-state index < -0.39 is 11.7 Å². The number of hydrogen-bond acceptors (Lipinski definition) is 5. The minimum atomic E-state index is -0.475. The quantitative estimate of drug-likeness (QED) is 0.420. The highest BCUT2D eigenvalue weighted by molar-refractivity contribution is 6.05. The van der Waals surface area contributed by atoms with Crippen LogP contribution in [0.25, 0.3) is 11.3 Å². The van der Waals surface area contributed by atoms with Crippen LogP contribution in [0.15, 0.2) is 59.3 Å². The van der Waals surface area contributed by atoms with Crippen LogP contribution < -0.4 is 15.6 Å². The predicted molar refractivity (Wildman–Crippen MR) is 97.6 cm³/mol. The van der Waals surface area contributed by atoms with Crippen molar-refractivity contribution in [2.75, 3.05) is 5.01 Å². The Balaban J connectivity index is 1.65. The molecule has 1 saturated carbocycles. The molecule has 27 heavy (non-hydrogen) atoms. The van der Waals surface area contributed by atoms with Gasteiger partial charge in [-0.2, -0.15) is 0 Å². The van der Waals surface area contributed by atoms with E-state index >= 15 is 0 Å². The summed E-state index contributed by atoms with van der Waals surface area (Å²) in [6.45, 7) is 0. The summed E-state index contributed by atoms with van der Waals surface area (Å²) in [5.74, 6) is 6.02. The molecule has 2 N–H and O–H groups in total. The van der Waals surface area contributed by atoms with Crippen LogP contribution in [0.3, 0.4) is 0 Å². The van der Waals surface area contributed by atoms with Crippen LogP contribution >= 0.6 is 0 Å². The first-order valence-corrected chi connectivity index (χ1v) is 8.67. The summed E-state index contributed by atoms with van der Waals surface area (Å²) >= 11 is 0. The van der Waals surface area contributed by atoms with Gasteiger partial charge in [-0.15, -0.1) is 0 Å². The Bertz CT molecular complexity index is 938. The number of anilines is 1. The number of carbonyl (C=O) groups is 1. The lowest BCUT2D eigenvalue weighted by Crippen LogP contribution is -2.37. The lowest BCUT2D eigenvalue weighted by Gasteiger charge is -2.26. The van der Waals surface area contributed by atoms with Crippen LogP contribution in [0.2, 0.25) is 0 Å². The van der Waals surface area contributed by atoms with Gasteiger partial charge in [0.05, 0.1) is 23.1 Å². The normalized spacial score (nSPS) is 13.9. The molecule has 2 aromatic heterocycles. The zero-order chi connectivity index (χ0) is 18.8. The van der Waals surface area contributed by atoms with E-state index in [0.29, 0.717) is 22.9 Å². The average Bonchev–Trinajstić information content (AvgIpc) is 3.19. The number of nitrogens with zero attached hydrogens (tertiary/aromatic N) is 2. The van der Waals surface area contributed by atoms with Gasteiger partial charge in [0.2, 0.25) is 5.88 Å². The van der Waals surface area contributed by atoms with Crippen LogP contribution in [0.1, 0.15) is 29.6 Å². The summed E-state index contributed by atoms with van der Waals surface area (Å²) in [5.41, 5.74) is 1.23. The molecule has 6 nitrogen and oxygen atoms in total. The molecule has 1 amide bonds. The summed E-state index contributed by atoms with van der Waals surface area (Å²) in [4.78, 5) is 17.1. The van der Waals surface area contributed by atoms with Gasteiger partial charge in [0.15, 0.2) is 0 Å². The van der Waals surface area contributed by atoms with Gasteiger partial charge in [0, 0.05) is 6.20 Å². The largest absolute Gasteiger partial charge is 0.474 e. The van der Waals surface area contributed by atoms with Crippen molar-refractivity contribution in [3.05, 3.63) is 66.3 Å². The van der Waals surface area contributed by atoms with Crippen molar-refractivity contribution >= 4 is 11.6 Å². The van der Waals surface area contributed by atoms with E-state index in [2.05, 4.69) is 4.98 Å². The molecule has 1 aliphatic carbocycles. The Morgan fingerprint density at radius 2 is 2.04 bits per heavy atom. The Kier molecular flexibility index (Phi) is 4.60. The first-order valence-electron chi connectivity index (χ1n) is 8.67. The lowest BCUT2D eigenvalue weighted by molar-refractivity contribution is 0.0985. The number of hydrazine groups is 1. The maximum atomic E-state index is 13.1. The third kappa shape index (κ3) is 3.54. The first-order chi connectivity index (χ1) is 13.1. The SMILES string of the molecule is NN(C(=O)c1cnc(OC2CCC2)c(-c2ccco2)c1)c1ccc(F)cc1. The zero-order valence-corrected chi connectivity index (χ0v) is 14.5. The predicted octanol–water partition coefficient (Wildman–Crippen LogP) is 3.93. The minimum Gasteiger partial charge on any atom is -0.474 e. The van der Waals surface area contributed by atoms with E-state index in [-0.39, 0.29) is 11.7 Å². The van der Waals surface area contributed by atoms with Crippen LogP contribution in [0.5, 0.6) is 5.88 Å². The summed E-state index contributed by atoms with van der Waals surface area (Å²) in [6.07, 6.45) is 6.22. The molecule has 4 rings (SSSR count). The van der Waals surface area contributed by atoms with Crippen LogP contribution in [0.4, 0.5) is 10.1 Å². The van der Waals surface area contributed by atoms with Gasteiger partial charge in [0.1, 0.15) is 17.7 Å². The zero-order valence-electron chi connectivity index (χ0n) is 14.5. The second-order valence-corrected chi connectivity index (χ2v) is 6.38. The van der Waals surface area contributed by atoms with Crippen molar-refractivity contribution in [2.24, 2.45) is 5.84 Å². The number of rotatable bonds is 5. The van der Waals surface area contributed by atoms with Gasteiger partial charge >= 0.3 is 0 Å². The highest BCUT2D eigenvalue weighted by Gasteiger charge is 2.24. The highest BCUT2D eigenvalue weighted by Crippen LogP contribution is 2.33. The Hall–Kier alpha value is -3.19. The molecular formula is C20H18FN3O3. The van der Waals surface area contributed by atoms with Crippen molar-refractivity contribution in [1.29, 1.82) is 0 Å². The molecule has 138 valence electrons. The Labute approximate surface area is 155 Å². The molecule has 3 aromatic rings. The van der Waals surface area contributed by atoms with Gasteiger partial charge in [-0.3, -0.25) is 4.79 Å². The summed E-state index contributed by atoms with van der Waals surface area (Å²) < 4.78 is 24.5. The number of ether oxygens (including phenoxy) is 1. The molecular weight excluding hydrogens is 349 g/mol. The third-order valence-corrected chi connectivity index (χ3v) is 4.54. The molecule has 0 saturated heterocycles. The maximum Gasteiger partial charge on any atom is 0.274 e. The fourth-order valence-corrected chi connectivity index (χ4v) is 2.78. The van der Waals surface area contributed by atoms with Crippen molar-refractivity contribution in [1.82, 2.24) is 4.98 Å². The topological polar surface area (TPSA) is 81.6 Å². The van der Waals surface area contributed by atoms with Crippen LogP contribution in [0, 0.1) is 5.82 Å². The number of carbonyl (C=O) groups excluding carboxylic acids is 1. The number of benzene rings is 1. The van der Waals surface area contributed by atoms with E-state index in [0.717, 1.165) is 24.3 Å². The van der Waals surface area contributed by atoms with Crippen molar-refractivity contribution in [3.63, 3.8) is 0 Å². The van der Waals surface area contributed by atoms with E-state index in [1.165, 1.54) is 30.5 Å². The molecule has 1 fully saturated rings. The third-order valence-electron chi connectivity index (χ3n) is 4.54. The highest BCUT2D eigenvalue weighted by atomic mass is 19.1. The molecule has 0 spiro atoms. The Morgan fingerprint density at radius 3 is 2.67 bits per heavy atom. The molecule has 0 bridgehead atoms. The molecule has 1 aromatic carbocycles. The van der Waals surface area contributed by atoms with Gasteiger partial charge in [-0.1, -0.05) is 0 Å². The molecule has 0 unspecified atom stereocenters. The molecule has 0 atom stereocenters. The summed E-state index contributed by atoms with van der Waals surface area (Å²) in [6, 6.07) is 10.5. The number of pyridine rings is 1. The molecule has 0 aliphatic heterocycles. The van der Waals surface area contributed by atoms with Gasteiger partial charge < -0.3 is 9.15 Å². The first kappa shape index (κ1) is 17.2. The second kappa shape index (κ2) is 7.20. The second-order valence-electron chi connectivity index (χ2n) is 6.38. The van der Waals surface area contributed by atoms with Crippen LogP contribution in [-0.4, -0.2) is 17.0 Å².